The van der Waals surface area contributed by atoms with Gasteiger partial charge in [0.05, 0.1) is 0 Å². The molecule has 0 aliphatic rings. The molecule has 3 heteroatoms. The molecule has 0 amide bonds. The maximum atomic E-state index is 7.10. The molecule has 0 atom stereocenters. The second-order valence-electron chi connectivity index (χ2n) is 0.129. The maximum Gasteiger partial charge on any atom is 0.173 e. The van der Waals surface area contributed by atoms with E-state index < -0.39 is 0 Å². The summed E-state index contributed by atoms with van der Waals surface area (Å²) in [4.78, 5) is 0. The van der Waals surface area contributed by atoms with Gasteiger partial charge in [0.15, 0.2) is 6.19 Å². The van der Waals surface area contributed by atoms with Gasteiger partial charge in [0.1, 0.15) is 0 Å². The third-order valence-corrected chi connectivity index (χ3v) is 0. The minimum atomic E-state index is 0. The highest BCUT2D eigenvalue weighted by Gasteiger charge is 1.12. The molecule has 2 N–H and O–H groups in total. The Morgan fingerprint density at radius 1 is 1.75 bits per heavy atom. The van der Waals surface area contributed by atoms with Gasteiger partial charge in [0.2, 0.25) is 0 Å². The Hall–Kier alpha value is -0.360. The molecule has 0 aliphatic heterocycles. The summed E-state index contributed by atoms with van der Waals surface area (Å²) in [5.74, 6) is 0. The lowest BCUT2D eigenvalue weighted by molar-refractivity contribution is 1.45. The van der Waals surface area contributed by atoms with E-state index in [1.807, 2.05) is 0 Å². The Morgan fingerprint density at radius 2 is 1.75 bits per heavy atom. The molecule has 0 spiro atoms. The Balaban J connectivity index is 0. The van der Waals surface area contributed by atoms with Gasteiger partial charge in [-0.25, -0.2) is 0 Å². The predicted octanol–water partition coefficient (Wildman–Crippen LogP) is -0.461. The summed E-state index contributed by atoms with van der Waals surface area (Å²) < 4.78 is 0. The average molecular weight is 76.1 g/mol. The lowest BCUT2D eigenvalue weighted by Crippen LogP contribution is -1.69. The van der Waals surface area contributed by atoms with E-state index in [1.54, 1.807) is 0 Å². The summed E-state index contributed by atoms with van der Waals surface area (Å²) in [5.41, 5.74) is 4.15. The Bertz CT molecular complexity index is 27.5. The first-order chi connectivity index (χ1) is 1.41. The van der Waals surface area contributed by atoms with E-state index in [9.17, 15) is 0 Å². The number of hydrogen-bond donors (Lipinski definition) is 1. The van der Waals surface area contributed by atoms with Crippen molar-refractivity contribution in [3.63, 3.8) is 0 Å². The average Bonchev–Trinajstić information content (AvgIpc) is 0.918. The maximum absolute atomic E-state index is 7.10. The zero-order valence-electron chi connectivity index (χ0n) is 2.02. The minimum absolute atomic E-state index is 0. The quantitative estimate of drug-likeness (QED) is 0.313. The van der Waals surface area contributed by atoms with Gasteiger partial charge < -0.3 is 5.73 Å². The van der Waals surface area contributed by atoms with Crippen LogP contribution < -0.4 is 5.73 Å². The van der Waals surface area contributed by atoms with E-state index >= 15 is 0 Å². The van der Waals surface area contributed by atoms with Gasteiger partial charge in [0, 0.05) is 0 Å². The van der Waals surface area contributed by atoms with E-state index in [2.05, 4.69) is 5.73 Å². The van der Waals surface area contributed by atoms with Crippen LogP contribution in [0.15, 0.2) is 0 Å². The smallest absolute Gasteiger partial charge is 0.173 e. The third-order valence-electron chi connectivity index (χ3n) is 0. The fourth-order valence-corrected chi connectivity index (χ4v) is 0. The van der Waals surface area contributed by atoms with Crippen LogP contribution in [0.5, 0.6) is 0 Å². The molecule has 0 fully saturated rings. The van der Waals surface area contributed by atoms with Gasteiger partial charge >= 0.3 is 0 Å². The van der Waals surface area contributed by atoms with Crippen LogP contribution in [-0.2, 0) is 0 Å². The molecule has 0 rings (SSSR count). The number of nitriles is 1. The second-order valence-corrected chi connectivity index (χ2v) is 0.129. The van der Waals surface area contributed by atoms with Gasteiger partial charge in [-0.1, -0.05) is 0 Å². The molecular formula is CH4N2S. The van der Waals surface area contributed by atoms with E-state index in [4.69, 9.17) is 5.26 Å². The van der Waals surface area contributed by atoms with Crippen molar-refractivity contribution in [1.82, 2.24) is 0 Å². The van der Waals surface area contributed by atoms with Crippen LogP contribution in [-0.4, -0.2) is 0 Å². The lowest BCUT2D eigenvalue weighted by Gasteiger charge is -1.24. The van der Waals surface area contributed by atoms with Crippen molar-refractivity contribution in [2.45, 2.75) is 0 Å². The molecule has 0 heterocycles. The topological polar surface area (TPSA) is 49.8 Å². The van der Waals surface area contributed by atoms with E-state index in [1.165, 1.54) is 6.19 Å². The monoisotopic (exact) mass is 76.0 g/mol. The molecule has 4 heavy (non-hydrogen) atoms. The van der Waals surface area contributed by atoms with E-state index in [-0.39, 0.29) is 13.5 Å². The molecule has 2 nitrogen and oxygen atoms in total. The largest absolute Gasteiger partial charge is 0.337 e. The molecule has 0 unspecified atom stereocenters. The van der Waals surface area contributed by atoms with Crippen molar-refractivity contribution in [3.8, 4) is 6.19 Å². The van der Waals surface area contributed by atoms with Crippen LogP contribution in [0.4, 0.5) is 0 Å². The number of rotatable bonds is 0. The standard InChI is InChI=1S/CH2N2.H2S/c2-1-3;/h2H2;1H2. The summed E-state index contributed by atoms with van der Waals surface area (Å²) in [7, 11) is 0. The van der Waals surface area contributed by atoms with Gasteiger partial charge in [-0.15, -0.1) is 0 Å². The summed E-state index contributed by atoms with van der Waals surface area (Å²) >= 11 is 0. The Labute approximate surface area is 31.7 Å². The zero-order chi connectivity index (χ0) is 2.71. The molecule has 24 valence electrons. The van der Waals surface area contributed by atoms with E-state index in [0.717, 1.165) is 0 Å². The van der Waals surface area contributed by atoms with Crippen LogP contribution in [0.1, 0.15) is 0 Å². The Kier molecular flexibility index (Phi) is 40.9. The highest BCUT2D eigenvalue weighted by molar-refractivity contribution is 7.59. The number of hydrogen-bond acceptors (Lipinski definition) is 2. The van der Waals surface area contributed by atoms with Crippen molar-refractivity contribution in [1.29, 1.82) is 5.26 Å². The van der Waals surface area contributed by atoms with Crippen molar-refractivity contribution in [3.05, 3.63) is 0 Å². The summed E-state index contributed by atoms with van der Waals surface area (Å²) in [6.07, 6.45) is 1.25. The van der Waals surface area contributed by atoms with Gasteiger partial charge in [0.25, 0.3) is 0 Å². The SMILES string of the molecule is N#CN.S. The minimum Gasteiger partial charge on any atom is -0.337 e. The van der Waals surface area contributed by atoms with Crippen LogP contribution in [0.25, 0.3) is 0 Å². The fourth-order valence-electron chi connectivity index (χ4n) is 0. The zero-order valence-corrected chi connectivity index (χ0v) is 3.02. The van der Waals surface area contributed by atoms with Crippen LogP contribution in [0.3, 0.4) is 0 Å². The molecule has 0 saturated heterocycles. The summed E-state index contributed by atoms with van der Waals surface area (Å²) in [5, 5.41) is 7.10. The summed E-state index contributed by atoms with van der Waals surface area (Å²) in [6.45, 7) is 0. The number of nitrogens with zero attached hydrogens (tertiary/aromatic N) is 1. The Morgan fingerprint density at radius 3 is 1.75 bits per heavy atom. The third kappa shape index (κ3) is 5.18. The van der Waals surface area contributed by atoms with Gasteiger partial charge in [-0.2, -0.15) is 18.8 Å². The molecule has 0 bridgehead atoms. The van der Waals surface area contributed by atoms with Crippen molar-refractivity contribution in [2.24, 2.45) is 5.73 Å². The van der Waals surface area contributed by atoms with Crippen LogP contribution in [0, 0.1) is 11.5 Å². The van der Waals surface area contributed by atoms with Crippen LogP contribution in [0.2, 0.25) is 0 Å². The molecular weight excluding hydrogens is 72.1 g/mol. The first-order valence-electron chi connectivity index (χ1n) is 0.512. The highest BCUT2D eigenvalue weighted by Crippen LogP contribution is 0.900. The van der Waals surface area contributed by atoms with Crippen molar-refractivity contribution in [2.75, 3.05) is 0 Å². The van der Waals surface area contributed by atoms with Crippen molar-refractivity contribution < 1.29 is 0 Å². The molecule has 0 aromatic carbocycles. The molecule has 0 radical (unpaired) electrons. The molecule has 0 aromatic rings. The van der Waals surface area contributed by atoms with Crippen molar-refractivity contribution >= 4 is 13.5 Å². The highest BCUT2D eigenvalue weighted by atomic mass is 32.1. The van der Waals surface area contributed by atoms with Crippen LogP contribution >= 0.6 is 13.5 Å². The summed E-state index contributed by atoms with van der Waals surface area (Å²) in [6, 6.07) is 0. The molecule has 0 saturated carbocycles. The second kappa shape index (κ2) is 17.3. The van der Waals surface area contributed by atoms with E-state index in [0.29, 0.717) is 0 Å². The molecule has 0 aromatic heterocycles. The first-order valence-corrected chi connectivity index (χ1v) is 0.512. The normalized spacial score (nSPS) is 1.75. The molecule has 0 aliphatic carbocycles. The van der Waals surface area contributed by atoms with Gasteiger partial charge in [-0.05, 0) is 0 Å². The first kappa shape index (κ1) is 9.43. The number of nitrogens with two attached hydrogens (primary N) is 1. The fraction of sp³-hybridized carbons (Fsp3) is 0. The lowest BCUT2D eigenvalue weighted by atomic mass is 11.5. The van der Waals surface area contributed by atoms with Gasteiger partial charge in [-0.3, -0.25) is 0 Å². The predicted molar refractivity (Wildman–Crippen MR) is 20.2 cm³/mol.